The van der Waals surface area contributed by atoms with Crippen LogP contribution in [0.5, 0.6) is 5.75 Å². The third-order valence-corrected chi connectivity index (χ3v) is 4.82. The van der Waals surface area contributed by atoms with Gasteiger partial charge >= 0.3 is 6.18 Å². The zero-order valence-electron chi connectivity index (χ0n) is 13.3. The molecule has 0 N–H and O–H groups in total. The van der Waals surface area contributed by atoms with Crippen LogP contribution in [0.2, 0.25) is 10.0 Å². The summed E-state index contributed by atoms with van der Waals surface area (Å²) in [7, 11) is 2.72. The van der Waals surface area contributed by atoms with E-state index in [1.54, 1.807) is 6.92 Å². The number of amides is 1. The summed E-state index contributed by atoms with van der Waals surface area (Å²) in [6.45, 7) is 1.30. The molecule has 24 heavy (non-hydrogen) atoms. The summed E-state index contributed by atoms with van der Waals surface area (Å²) >= 11 is 12.1. The van der Waals surface area contributed by atoms with E-state index in [9.17, 15) is 18.0 Å². The number of hydrogen-bond acceptors (Lipinski definition) is 3. The lowest BCUT2D eigenvalue weighted by Crippen LogP contribution is -2.62. The zero-order valence-corrected chi connectivity index (χ0v) is 14.8. The number of carbonyl (C=O) groups is 1. The van der Waals surface area contributed by atoms with E-state index < -0.39 is 30.7 Å². The van der Waals surface area contributed by atoms with Crippen LogP contribution in [0, 0.1) is 0 Å². The Balaban J connectivity index is 2.39. The van der Waals surface area contributed by atoms with Crippen LogP contribution in [-0.2, 0) is 0 Å². The van der Waals surface area contributed by atoms with Crippen molar-refractivity contribution >= 4 is 29.1 Å². The van der Waals surface area contributed by atoms with Gasteiger partial charge in [0.15, 0.2) is 5.75 Å². The number of likely N-dealkylation sites (N-methyl/N-ethyl adjacent to an activating group) is 1. The lowest BCUT2D eigenvalue weighted by molar-refractivity contribution is -0.197. The van der Waals surface area contributed by atoms with Crippen molar-refractivity contribution in [2.45, 2.75) is 25.2 Å². The van der Waals surface area contributed by atoms with Gasteiger partial charge in [0.25, 0.3) is 5.91 Å². The Bertz CT molecular complexity index is 640. The van der Waals surface area contributed by atoms with Crippen molar-refractivity contribution in [3.63, 3.8) is 0 Å². The van der Waals surface area contributed by atoms with Crippen LogP contribution in [-0.4, -0.2) is 61.2 Å². The Labute approximate surface area is 148 Å². The van der Waals surface area contributed by atoms with Crippen LogP contribution in [0.25, 0.3) is 0 Å². The van der Waals surface area contributed by atoms with Gasteiger partial charge in [0.05, 0.1) is 17.2 Å². The molecule has 1 amide bonds. The minimum atomic E-state index is -4.44. The molecule has 0 aromatic heterocycles. The van der Waals surface area contributed by atoms with Gasteiger partial charge in [-0.05, 0) is 26.1 Å². The number of methoxy groups -OCH3 is 1. The number of hydrogen-bond donors (Lipinski definition) is 0. The van der Waals surface area contributed by atoms with Crippen molar-refractivity contribution in [2.24, 2.45) is 0 Å². The lowest BCUT2D eigenvalue weighted by Gasteiger charge is -2.44. The molecule has 0 saturated carbocycles. The van der Waals surface area contributed by atoms with Crippen LogP contribution in [0.3, 0.4) is 0 Å². The van der Waals surface area contributed by atoms with Crippen LogP contribution in [0.15, 0.2) is 12.1 Å². The summed E-state index contributed by atoms with van der Waals surface area (Å²) in [5.74, 6) is -0.571. The standard InChI is InChI=1S/C15H17Cl2F3N2O2/c1-8-6-22(7-11(21(8)2)15(18,19)20)14(23)12-9(16)4-5-10(17)13(12)24-3/h4-5,8,11H,6-7H2,1-3H3. The Kier molecular flexibility index (Phi) is 5.57. The van der Waals surface area contributed by atoms with E-state index in [2.05, 4.69) is 0 Å². The number of alkyl halides is 3. The van der Waals surface area contributed by atoms with E-state index in [1.807, 2.05) is 0 Å². The van der Waals surface area contributed by atoms with Gasteiger partial charge in [-0.2, -0.15) is 13.2 Å². The van der Waals surface area contributed by atoms with Crippen molar-refractivity contribution in [1.82, 2.24) is 9.80 Å². The second-order valence-electron chi connectivity index (χ2n) is 5.72. The third kappa shape index (κ3) is 3.58. The maximum absolute atomic E-state index is 13.2. The summed E-state index contributed by atoms with van der Waals surface area (Å²) in [5.41, 5.74) is -0.0238. The van der Waals surface area contributed by atoms with E-state index in [-0.39, 0.29) is 27.9 Å². The van der Waals surface area contributed by atoms with Crippen LogP contribution < -0.4 is 4.74 Å². The number of ether oxygens (including phenoxy) is 1. The SMILES string of the molecule is COc1c(Cl)ccc(Cl)c1C(=O)N1CC(C)N(C)C(C(F)(F)F)C1. The van der Waals surface area contributed by atoms with Crippen molar-refractivity contribution in [1.29, 1.82) is 0 Å². The molecular weight excluding hydrogens is 368 g/mol. The minimum Gasteiger partial charge on any atom is -0.494 e. The molecule has 1 aromatic carbocycles. The fourth-order valence-electron chi connectivity index (χ4n) is 2.76. The van der Waals surface area contributed by atoms with Gasteiger partial charge in [0, 0.05) is 19.1 Å². The molecule has 1 aliphatic rings. The monoisotopic (exact) mass is 384 g/mol. The molecule has 1 aromatic rings. The molecule has 1 heterocycles. The molecule has 1 saturated heterocycles. The summed E-state index contributed by atoms with van der Waals surface area (Å²) in [6.07, 6.45) is -4.44. The van der Waals surface area contributed by atoms with E-state index in [0.29, 0.717) is 0 Å². The van der Waals surface area contributed by atoms with Gasteiger partial charge in [0.1, 0.15) is 11.6 Å². The smallest absolute Gasteiger partial charge is 0.405 e. The van der Waals surface area contributed by atoms with Gasteiger partial charge in [-0.15, -0.1) is 0 Å². The topological polar surface area (TPSA) is 32.8 Å². The van der Waals surface area contributed by atoms with Crippen LogP contribution in [0.4, 0.5) is 13.2 Å². The van der Waals surface area contributed by atoms with Crippen molar-refractivity contribution < 1.29 is 22.7 Å². The fraction of sp³-hybridized carbons (Fsp3) is 0.533. The number of rotatable bonds is 2. The maximum Gasteiger partial charge on any atom is 0.405 e. The highest BCUT2D eigenvalue weighted by atomic mass is 35.5. The van der Waals surface area contributed by atoms with E-state index in [1.165, 1.54) is 31.2 Å². The number of halogens is 5. The first-order valence-electron chi connectivity index (χ1n) is 7.17. The second-order valence-corrected chi connectivity index (χ2v) is 6.53. The molecule has 4 nitrogen and oxygen atoms in total. The lowest BCUT2D eigenvalue weighted by atomic mass is 10.1. The fourth-order valence-corrected chi connectivity index (χ4v) is 3.22. The maximum atomic E-state index is 13.2. The van der Waals surface area contributed by atoms with E-state index in [4.69, 9.17) is 27.9 Å². The summed E-state index contributed by atoms with van der Waals surface area (Å²) in [4.78, 5) is 15.2. The van der Waals surface area contributed by atoms with Gasteiger partial charge < -0.3 is 9.64 Å². The highest BCUT2D eigenvalue weighted by Crippen LogP contribution is 2.36. The van der Waals surface area contributed by atoms with Gasteiger partial charge in [-0.3, -0.25) is 9.69 Å². The predicted molar refractivity (Wildman–Crippen MR) is 86.0 cm³/mol. The van der Waals surface area contributed by atoms with Gasteiger partial charge in [0.2, 0.25) is 0 Å². The predicted octanol–water partition coefficient (Wildman–Crippen LogP) is 3.71. The first-order chi connectivity index (χ1) is 11.1. The number of nitrogens with zero attached hydrogens (tertiary/aromatic N) is 2. The quantitative estimate of drug-likeness (QED) is 0.778. The Hall–Kier alpha value is -1.18. The molecule has 0 aliphatic carbocycles. The molecule has 1 aliphatic heterocycles. The average molecular weight is 385 g/mol. The molecular formula is C15H17Cl2F3N2O2. The summed E-state index contributed by atoms with van der Waals surface area (Å²) < 4.78 is 44.8. The molecule has 2 atom stereocenters. The van der Waals surface area contributed by atoms with Crippen molar-refractivity contribution in [3.05, 3.63) is 27.7 Å². The normalized spacial score (nSPS) is 22.6. The summed E-state index contributed by atoms with van der Waals surface area (Å²) in [6, 6.07) is 0.679. The average Bonchev–Trinajstić information content (AvgIpc) is 2.49. The molecule has 9 heteroatoms. The summed E-state index contributed by atoms with van der Waals surface area (Å²) in [5, 5.41) is 0.246. The molecule has 2 rings (SSSR count). The molecule has 0 radical (unpaired) electrons. The van der Waals surface area contributed by atoms with Gasteiger partial charge in [-0.1, -0.05) is 23.2 Å². The molecule has 1 fully saturated rings. The Morgan fingerprint density at radius 3 is 2.38 bits per heavy atom. The molecule has 0 spiro atoms. The Morgan fingerprint density at radius 1 is 1.25 bits per heavy atom. The van der Waals surface area contributed by atoms with E-state index in [0.717, 1.165) is 4.90 Å². The first kappa shape index (κ1) is 19.1. The number of carbonyl (C=O) groups excluding carboxylic acids is 1. The molecule has 134 valence electrons. The minimum absolute atomic E-state index is 0.0238. The third-order valence-electron chi connectivity index (χ3n) is 4.21. The van der Waals surface area contributed by atoms with Crippen molar-refractivity contribution in [3.8, 4) is 5.75 Å². The van der Waals surface area contributed by atoms with Gasteiger partial charge in [-0.25, -0.2) is 0 Å². The first-order valence-corrected chi connectivity index (χ1v) is 7.93. The van der Waals surface area contributed by atoms with Crippen LogP contribution in [0.1, 0.15) is 17.3 Å². The highest BCUT2D eigenvalue weighted by Gasteiger charge is 2.48. The largest absolute Gasteiger partial charge is 0.494 e. The second kappa shape index (κ2) is 6.98. The molecule has 2 unspecified atom stereocenters. The Morgan fingerprint density at radius 2 is 1.83 bits per heavy atom. The van der Waals surface area contributed by atoms with E-state index >= 15 is 0 Å². The number of piperazine rings is 1. The van der Waals surface area contributed by atoms with Crippen LogP contribution >= 0.6 is 23.2 Å². The molecule has 0 bridgehead atoms. The highest BCUT2D eigenvalue weighted by molar-refractivity contribution is 6.37. The van der Waals surface area contributed by atoms with Crippen molar-refractivity contribution in [2.75, 3.05) is 27.2 Å². The number of benzene rings is 1. The zero-order chi connectivity index (χ0) is 18.2.